The number of halogens is 2. The first-order valence-corrected chi connectivity index (χ1v) is 5.11. The molecule has 2 rings (SSSR count). The fourth-order valence-electron chi connectivity index (χ4n) is 1.50. The highest BCUT2D eigenvalue weighted by molar-refractivity contribution is 6.33. The van der Waals surface area contributed by atoms with Gasteiger partial charge in [0.2, 0.25) is 0 Å². The highest BCUT2D eigenvalue weighted by Gasteiger charge is 2.15. The Labute approximate surface area is 101 Å². The zero-order valence-corrected chi connectivity index (χ0v) is 9.28. The number of carboxylic acid groups (broad SMARTS) is 1. The summed E-state index contributed by atoms with van der Waals surface area (Å²) in [5, 5.41) is 9.15. The quantitative estimate of drug-likeness (QED) is 0.891. The van der Waals surface area contributed by atoms with Crippen molar-refractivity contribution >= 4 is 17.6 Å². The molecule has 0 fully saturated rings. The zero-order chi connectivity index (χ0) is 12.4. The fourth-order valence-corrected chi connectivity index (χ4v) is 1.77. The first kappa shape index (κ1) is 11.5. The molecule has 1 N–H and O–H groups in total. The number of rotatable bonds is 2. The van der Waals surface area contributed by atoms with E-state index in [4.69, 9.17) is 16.7 Å². The van der Waals surface area contributed by atoms with Crippen molar-refractivity contribution in [2.45, 2.75) is 0 Å². The van der Waals surface area contributed by atoms with E-state index >= 15 is 0 Å². The molecule has 0 aliphatic heterocycles. The molecule has 86 valence electrons. The van der Waals surface area contributed by atoms with E-state index in [-0.39, 0.29) is 10.7 Å². The van der Waals surface area contributed by atoms with Gasteiger partial charge >= 0.3 is 5.97 Å². The predicted octanol–water partition coefficient (Wildman–Crippen LogP) is 3.24. The summed E-state index contributed by atoms with van der Waals surface area (Å²) in [7, 11) is 0. The second-order valence-corrected chi connectivity index (χ2v) is 3.74. The van der Waals surface area contributed by atoms with E-state index in [9.17, 15) is 9.18 Å². The van der Waals surface area contributed by atoms with E-state index in [1.807, 2.05) is 0 Å². The first-order chi connectivity index (χ1) is 8.09. The molecule has 0 aliphatic rings. The van der Waals surface area contributed by atoms with Crippen LogP contribution in [0.5, 0.6) is 0 Å². The number of benzene rings is 1. The Morgan fingerprint density at radius 2 is 2.06 bits per heavy atom. The van der Waals surface area contributed by atoms with Crippen molar-refractivity contribution in [3.8, 4) is 11.1 Å². The molecule has 3 nitrogen and oxygen atoms in total. The van der Waals surface area contributed by atoms with Crippen molar-refractivity contribution in [3.05, 3.63) is 53.1 Å². The maximum atomic E-state index is 12.9. The molecular weight excluding hydrogens is 245 g/mol. The normalized spacial score (nSPS) is 10.2. The molecule has 0 amide bonds. The zero-order valence-electron chi connectivity index (χ0n) is 8.52. The van der Waals surface area contributed by atoms with Crippen LogP contribution in [-0.2, 0) is 0 Å². The lowest BCUT2D eigenvalue weighted by Crippen LogP contribution is -2.02. The van der Waals surface area contributed by atoms with E-state index in [1.165, 1.54) is 18.3 Å². The minimum atomic E-state index is -1.15. The van der Waals surface area contributed by atoms with Crippen LogP contribution in [-0.4, -0.2) is 16.1 Å². The van der Waals surface area contributed by atoms with Gasteiger partial charge in [-0.1, -0.05) is 17.7 Å². The molecule has 0 radical (unpaired) electrons. The van der Waals surface area contributed by atoms with Crippen LogP contribution < -0.4 is 0 Å². The highest BCUT2D eigenvalue weighted by Crippen LogP contribution is 2.30. The van der Waals surface area contributed by atoms with Gasteiger partial charge in [0.1, 0.15) is 5.82 Å². The molecule has 0 bridgehead atoms. The summed E-state index contributed by atoms with van der Waals surface area (Å²) in [6.45, 7) is 0. The molecule has 0 aliphatic carbocycles. The lowest BCUT2D eigenvalue weighted by molar-refractivity contribution is 0.0691. The standard InChI is InChI=1S/C12H7ClFNO2/c13-10-6-7(14)3-4-8(10)9-2-1-5-15-11(9)12(16)17/h1-6H,(H,16,17). The number of carbonyl (C=O) groups is 1. The molecule has 0 saturated carbocycles. The van der Waals surface area contributed by atoms with Gasteiger partial charge in [-0.3, -0.25) is 0 Å². The summed E-state index contributed by atoms with van der Waals surface area (Å²) in [6.07, 6.45) is 1.38. The maximum absolute atomic E-state index is 12.9. The van der Waals surface area contributed by atoms with Gasteiger partial charge in [-0.25, -0.2) is 14.2 Å². The van der Waals surface area contributed by atoms with Crippen LogP contribution in [0.3, 0.4) is 0 Å². The number of aromatic carboxylic acids is 1. The van der Waals surface area contributed by atoms with E-state index in [0.29, 0.717) is 11.1 Å². The van der Waals surface area contributed by atoms with Gasteiger partial charge in [0.25, 0.3) is 0 Å². The summed E-state index contributed by atoms with van der Waals surface area (Å²) in [5.41, 5.74) is 0.699. The van der Waals surface area contributed by atoms with Crippen molar-refractivity contribution in [1.82, 2.24) is 4.98 Å². The summed E-state index contributed by atoms with van der Waals surface area (Å²) in [4.78, 5) is 14.8. The van der Waals surface area contributed by atoms with Crippen molar-refractivity contribution in [2.75, 3.05) is 0 Å². The number of hydrogen-bond acceptors (Lipinski definition) is 2. The number of pyridine rings is 1. The summed E-state index contributed by atoms with van der Waals surface area (Å²) in [6, 6.07) is 6.97. The van der Waals surface area contributed by atoms with E-state index in [0.717, 1.165) is 6.07 Å². The number of hydrogen-bond donors (Lipinski definition) is 1. The Hall–Kier alpha value is -1.94. The number of carboxylic acids is 1. The molecular formula is C12H7ClFNO2. The van der Waals surface area contributed by atoms with Crippen LogP contribution >= 0.6 is 11.6 Å². The van der Waals surface area contributed by atoms with Crippen LogP contribution in [0.2, 0.25) is 5.02 Å². The molecule has 1 aromatic heterocycles. The van der Waals surface area contributed by atoms with Gasteiger partial charge in [0, 0.05) is 17.3 Å². The molecule has 1 aromatic carbocycles. The Kier molecular flexibility index (Phi) is 3.06. The van der Waals surface area contributed by atoms with E-state index in [2.05, 4.69) is 4.98 Å². The third kappa shape index (κ3) is 2.26. The number of aromatic nitrogens is 1. The van der Waals surface area contributed by atoms with Crippen molar-refractivity contribution < 1.29 is 14.3 Å². The minimum Gasteiger partial charge on any atom is -0.476 e. The Bertz CT molecular complexity index is 586. The fraction of sp³-hybridized carbons (Fsp3) is 0. The highest BCUT2D eigenvalue weighted by atomic mass is 35.5. The van der Waals surface area contributed by atoms with Crippen LogP contribution in [0.4, 0.5) is 4.39 Å². The first-order valence-electron chi connectivity index (χ1n) is 4.73. The average molecular weight is 252 g/mol. The molecule has 5 heteroatoms. The van der Waals surface area contributed by atoms with E-state index < -0.39 is 11.8 Å². The van der Waals surface area contributed by atoms with Crippen molar-refractivity contribution in [2.24, 2.45) is 0 Å². The topological polar surface area (TPSA) is 50.2 Å². The van der Waals surface area contributed by atoms with Crippen molar-refractivity contribution in [3.63, 3.8) is 0 Å². The monoisotopic (exact) mass is 251 g/mol. The summed E-state index contributed by atoms with van der Waals surface area (Å²) < 4.78 is 12.9. The summed E-state index contributed by atoms with van der Waals surface area (Å²) >= 11 is 5.88. The Morgan fingerprint density at radius 1 is 1.29 bits per heavy atom. The SMILES string of the molecule is O=C(O)c1ncccc1-c1ccc(F)cc1Cl. The molecule has 0 unspecified atom stereocenters. The van der Waals surface area contributed by atoms with Crippen LogP contribution in [0.1, 0.15) is 10.5 Å². The number of nitrogens with zero attached hydrogens (tertiary/aromatic N) is 1. The minimum absolute atomic E-state index is 0.110. The Balaban J connectivity index is 2.64. The lowest BCUT2D eigenvalue weighted by atomic mass is 10.0. The molecule has 17 heavy (non-hydrogen) atoms. The average Bonchev–Trinajstić information content (AvgIpc) is 2.29. The third-order valence-electron chi connectivity index (χ3n) is 2.23. The Morgan fingerprint density at radius 3 is 2.71 bits per heavy atom. The van der Waals surface area contributed by atoms with Crippen molar-refractivity contribution in [1.29, 1.82) is 0 Å². The largest absolute Gasteiger partial charge is 0.476 e. The van der Waals surface area contributed by atoms with Crippen LogP contribution in [0.15, 0.2) is 36.5 Å². The van der Waals surface area contributed by atoms with Gasteiger partial charge < -0.3 is 5.11 Å². The molecule has 0 spiro atoms. The lowest BCUT2D eigenvalue weighted by Gasteiger charge is -2.07. The second kappa shape index (κ2) is 4.51. The molecule has 2 aromatic rings. The van der Waals surface area contributed by atoms with Crippen LogP contribution in [0.25, 0.3) is 11.1 Å². The predicted molar refractivity (Wildman–Crippen MR) is 61.6 cm³/mol. The van der Waals surface area contributed by atoms with Gasteiger partial charge in [-0.2, -0.15) is 0 Å². The van der Waals surface area contributed by atoms with Gasteiger partial charge in [-0.05, 0) is 24.3 Å². The van der Waals surface area contributed by atoms with E-state index in [1.54, 1.807) is 12.1 Å². The van der Waals surface area contributed by atoms with Crippen LogP contribution in [0, 0.1) is 5.82 Å². The van der Waals surface area contributed by atoms with Gasteiger partial charge in [0.05, 0.1) is 5.02 Å². The molecule has 0 atom stereocenters. The molecule has 1 heterocycles. The van der Waals surface area contributed by atoms with Gasteiger partial charge in [0.15, 0.2) is 5.69 Å². The second-order valence-electron chi connectivity index (χ2n) is 3.33. The molecule has 0 saturated heterocycles. The van der Waals surface area contributed by atoms with Gasteiger partial charge in [-0.15, -0.1) is 0 Å². The smallest absolute Gasteiger partial charge is 0.355 e. The summed E-state index contributed by atoms with van der Waals surface area (Å²) in [5.74, 6) is -1.62. The maximum Gasteiger partial charge on any atom is 0.355 e. The third-order valence-corrected chi connectivity index (χ3v) is 2.54.